The minimum absolute atomic E-state index is 0.0883. The Kier molecular flexibility index (Phi) is 6.21. The van der Waals surface area contributed by atoms with Crippen LogP contribution in [-0.2, 0) is 0 Å². The highest BCUT2D eigenvalue weighted by Gasteiger charge is 2.22. The van der Waals surface area contributed by atoms with E-state index in [1.54, 1.807) is 30.9 Å². The number of carbonyl (C=O) groups excluding carboxylic acids is 1. The van der Waals surface area contributed by atoms with Gasteiger partial charge in [0.15, 0.2) is 0 Å². The standard InChI is InChI=1S/C17H27NO3/c1-6-18(12-17(4,5)20)16(19)14-8-7-9-15(10-14)21-11-13(2)3/h7-10,13,20H,6,11-12H2,1-5H3. The number of hydrogen-bond acceptors (Lipinski definition) is 3. The zero-order chi connectivity index (χ0) is 16.0. The Balaban J connectivity index is 2.83. The minimum atomic E-state index is -0.905. The lowest BCUT2D eigenvalue weighted by Crippen LogP contribution is -2.42. The average molecular weight is 293 g/mol. The van der Waals surface area contributed by atoms with Gasteiger partial charge >= 0.3 is 0 Å². The number of amides is 1. The molecule has 0 bridgehead atoms. The summed E-state index contributed by atoms with van der Waals surface area (Å²) in [4.78, 5) is 14.1. The van der Waals surface area contributed by atoms with Crippen LogP contribution in [0.5, 0.6) is 5.75 Å². The van der Waals surface area contributed by atoms with E-state index in [9.17, 15) is 9.90 Å². The van der Waals surface area contributed by atoms with Gasteiger partial charge in [0, 0.05) is 18.7 Å². The number of carbonyl (C=O) groups is 1. The number of likely N-dealkylation sites (N-methyl/N-ethyl adjacent to an activating group) is 1. The van der Waals surface area contributed by atoms with Crippen LogP contribution in [0.15, 0.2) is 24.3 Å². The summed E-state index contributed by atoms with van der Waals surface area (Å²) >= 11 is 0. The molecule has 0 aromatic heterocycles. The summed E-state index contributed by atoms with van der Waals surface area (Å²) in [7, 11) is 0. The lowest BCUT2D eigenvalue weighted by atomic mass is 10.1. The molecule has 0 aliphatic heterocycles. The van der Waals surface area contributed by atoms with Crippen molar-refractivity contribution in [3.05, 3.63) is 29.8 Å². The SMILES string of the molecule is CCN(CC(C)(C)O)C(=O)c1cccc(OCC(C)C)c1. The van der Waals surface area contributed by atoms with Crippen LogP contribution in [0.3, 0.4) is 0 Å². The third-order valence-corrected chi connectivity index (χ3v) is 2.91. The second-order valence-electron chi connectivity index (χ2n) is 6.36. The van der Waals surface area contributed by atoms with Gasteiger partial charge in [0.25, 0.3) is 5.91 Å². The smallest absolute Gasteiger partial charge is 0.254 e. The number of nitrogens with zero attached hydrogens (tertiary/aromatic N) is 1. The molecule has 0 radical (unpaired) electrons. The van der Waals surface area contributed by atoms with E-state index in [0.717, 1.165) is 0 Å². The van der Waals surface area contributed by atoms with Gasteiger partial charge < -0.3 is 14.7 Å². The van der Waals surface area contributed by atoms with Crippen molar-refractivity contribution in [3.8, 4) is 5.75 Å². The Morgan fingerprint density at radius 1 is 1.38 bits per heavy atom. The van der Waals surface area contributed by atoms with Crippen LogP contribution in [0, 0.1) is 5.92 Å². The topological polar surface area (TPSA) is 49.8 Å². The highest BCUT2D eigenvalue weighted by atomic mass is 16.5. The Morgan fingerprint density at radius 3 is 2.57 bits per heavy atom. The highest BCUT2D eigenvalue weighted by Crippen LogP contribution is 2.17. The molecule has 0 heterocycles. The zero-order valence-electron chi connectivity index (χ0n) is 13.7. The maximum atomic E-state index is 12.5. The van der Waals surface area contributed by atoms with Crippen molar-refractivity contribution in [2.24, 2.45) is 5.92 Å². The van der Waals surface area contributed by atoms with Gasteiger partial charge in [-0.05, 0) is 44.9 Å². The predicted molar refractivity (Wildman–Crippen MR) is 84.7 cm³/mol. The lowest BCUT2D eigenvalue weighted by molar-refractivity contribution is 0.0314. The predicted octanol–water partition coefficient (Wildman–Crippen LogP) is 2.95. The van der Waals surface area contributed by atoms with Crippen molar-refractivity contribution in [2.75, 3.05) is 19.7 Å². The van der Waals surface area contributed by atoms with E-state index in [4.69, 9.17) is 4.74 Å². The largest absolute Gasteiger partial charge is 0.493 e. The first kappa shape index (κ1) is 17.5. The first-order valence-electron chi connectivity index (χ1n) is 7.47. The van der Waals surface area contributed by atoms with Gasteiger partial charge in [0.1, 0.15) is 5.75 Å². The Bertz CT molecular complexity index is 463. The Morgan fingerprint density at radius 2 is 2.05 bits per heavy atom. The van der Waals surface area contributed by atoms with Gasteiger partial charge in [-0.15, -0.1) is 0 Å². The molecule has 0 saturated carbocycles. The molecule has 21 heavy (non-hydrogen) atoms. The highest BCUT2D eigenvalue weighted by molar-refractivity contribution is 5.94. The minimum Gasteiger partial charge on any atom is -0.493 e. The van der Waals surface area contributed by atoms with Crippen molar-refractivity contribution in [1.29, 1.82) is 0 Å². The molecule has 4 nitrogen and oxygen atoms in total. The van der Waals surface area contributed by atoms with Gasteiger partial charge in [-0.1, -0.05) is 19.9 Å². The van der Waals surface area contributed by atoms with Crippen LogP contribution in [-0.4, -0.2) is 41.2 Å². The molecule has 118 valence electrons. The van der Waals surface area contributed by atoms with E-state index in [2.05, 4.69) is 13.8 Å². The van der Waals surface area contributed by atoms with E-state index in [-0.39, 0.29) is 5.91 Å². The molecule has 0 atom stereocenters. The molecule has 0 spiro atoms. The van der Waals surface area contributed by atoms with Gasteiger partial charge in [0.05, 0.1) is 12.2 Å². The van der Waals surface area contributed by atoms with Gasteiger partial charge in [-0.25, -0.2) is 0 Å². The summed E-state index contributed by atoms with van der Waals surface area (Å²) in [5, 5.41) is 9.90. The summed E-state index contributed by atoms with van der Waals surface area (Å²) in [6, 6.07) is 7.21. The summed E-state index contributed by atoms with van der Waals surface area (Å²) < 4.78 is 5.65. The molecular formula is C17H27NO3. The summed E-state index contributed by atoms with van der Waals surface area (Å²) in [6.45, 7) is 10.9. The number of rotatable bonds is 7. The number of ether oxygens (including phenoxy) is 1. The van der Waals surface area contributed by atoms with Crippen molar-refractivity contribution >= 4 is 5.91 Å². The molecule has 1 rings (SSSR count). The van der Waals surface area contributed by atoms with Crippen molar-refractivity contribution in [3.63, 3.8) is 0 Å². The second kappa shape index (κ2) is 7.46. The normalized spacial score (nSPS) is 11.6. The van der Waals surface area contributed by atoms with Gasteiger partial charge in [-0.3, -0.25) is 4.79 Å². The van der Waals surface area contributed by atoms with Crippen molar-refractivity contribution in [1.82, 2.24) is 4.90 Å². The van der Waals surface area contributed by atoms with E-state index in [1.165, 1.54) is 0 Å². The van der Waals surface area contributed by atoms with Gasteiger partial charge in [-0.2, -0.15) is 0 Å². The van der Waals surface area contributed by atoms with Gasteiger partial charge in [0.2, 0.25) is 0 Å². The maximum absolute atomic E-state index is 12.5. The lowest BCUT2D eigenvalue weighted by Gasteiger charge is -2.28. The molecule has 4 heteroatoms. The van der Waals surface area contributed by atoms with E-state index >= 15 is 0 Å². The molecule has 0 unspecified atom stereocenters. The first-order chi connectivity index (χ1) is 9.73. The average Bonchev–Trinajstić information content (AvgIpc) is 2.41. The molecule has 1 amide bonds. The Hall–Kier alpha value is -1.55. The second-order valence-corrected chi connectivity index (χ2v) is 6.36. The van der Waals surface area contributed by atoms with Crippen molar-refractivity contribution in [2.45, 2.75) is 40.2 Å². The maximum Gasteiger partial charge on any atom is 0.254 e. The molecule has 0 fully saturated rings. The van der Waals surface area contributed by atoms with Crippen LogP contribution >= 0.6 is 0 Å². The third kappa shape index (κ3) is 6.17. The molecule has 0 saturated heterocycles. The van der Waals surface area contributed by atoms with Crippen LogP contribution in [0.2, 0.25) is 0 Å². The molecule has 1 aromatic carbocycles. The molecule has 1 N–H and O–H groups in total. The quantitative estimate of drug-likeness (QED) is 0.841. The third-order valence-electron chi connectivity index (χ3n) is 2.91. The molecule has 0 aliphatic carbocycles. The fourth-order valence-corrected chi connectivity index (χ4v) is 1.96. The van der Waals surface area contributed by atoms with Crippen LogP contribution in [0.25, 0.3) is 0 Å². The van der Waals surface area contributed by atoms with E-state index in [0.29, 0.717) is 36.9 Å². The van der Waals surface area contributed by atoms with E-state index < -0.39 is 5.60 Å². The molecule has 1 aromatic rings. The van der Waals surface area contributed by atoms with Crippen LogP contribution in [0.1, 0.15) is 45.0 Å². The first-order valence-corrected chi connectivity index (χ1v) is 7.47. The number of benzene rings is 1. The van der Waals surface area contributed by atoms with Crippen LogP contribution < -0.4 is 4.74 Å². The van der Waals surface area contributed by atoms with E-state index in [1.807, 2.05) is 19.1 Å². The summed E-state index contributed by atoms with van der Waals surface area (Å²) in [5.41, 5.74) is -0.320. The Labute approximate surface area is 127 Å². The molecular weight excluding hydrogens is 266 g/mol. The number of aliphatic hydroxyl groups is 1. The monoisotopic (exact) mass is 293 g/mol. The number of hydrogen-bond donors (Lipinski definition) is 1. The summed E-state index contributed by atoms with van der Waals surface area (Å²) in [5.74, 6) is 1.05. The summed E-state index contributed by atoms with van der Waals surface area (Å²) in [6.07, 6.45) is 0. The molecule has 0 aliphatic rings. The van der Waals surface area contributed by atoms with Crippen LogP contribution in [0.4, 0.5) is 0 Å². The van der Waals surface area contributed by atoms with Crippen molar-refractivity contribution < 1.29 is 14.6 Å². The zero-order valence-corrected chi connectivity index (χ0v) is 13.7. The fraction of sp³-hybridized carbons (Fsp3) is 0.588. The fourth-order valence-electron chi connectivity index (χ4n) is 1.96.